The van der Waals surface area contributed by atoms with Gasteiger partial charge < -0.3 is 14.8 Å². The van der Waals surface area contributed by atoms with Crippen LogP contribution in [0.2, 0.25) is 0 Å². The summed E-state index contributed by atoms with van der Waals surface area (Å²) in [6.07, 6.45) is 5.90. The van der Waals surface area contributed by atoms with Gasteiger partial charge in [0.2, 0.25) is 5.91 Å². The summed E-state index contributed by atoms with van der Waals surface area (Å²) in [5.41, 5.74) is -0.0638. The van der Waals surface area contributed by atoms with Crippen molar-refractivity contribution in [2.45, 2.75) is 37.6 Å². The lowest BCUT2D eigenvalue weighted by atomic mass is 9.76. The Kier molecular flexibility index (Phi) is 3.17. The third-order valence-electron chi connectivity index (χ3n) is 3.22. The molecule has 1 aliphatic carbocycles. The van der Waals surface area contributed by atoms with E-state index >= 15 is 0 Å². The van der Waals surface area contributed by atoms with Crippen molar-refractivity contribution < 1.29 is 19.1 Å². The summed E-state index contributed by atoms with van der Waals surface area (Å²) in [6.45, 7) is 0. The normalized spacial score (nSPS) is 17.2. The van der Waals surface area contributed by atoms with E-state index in [9.17, 15) is 9.59 Å². The van der Waals surface area contributed by atoms with Crippen LogP contribution in [0, 0.1) is 0 Å². The number of carboxylic acid groups (broad SMARTS) is 1. The van der Waals surface area contributed by atoms with Gasteiger partial charge in [-0.25, -0.2) is 4.79 Å². The van der Waals surface area contributed by atoms with Crippen LogP contribution in [0.5, 0.6) is 0 Å². The first-order valence-electron chi connectivity index (χ1n) is 5.68. The van der Waals surface area contributed by atoms with Gasteiger partial charge >= 0.3 is 5.97 Å². The second-order valence-electron chi connectivity index (χ2n) is 4.42. The number of aliphatic carboxylic acids is 1. The molecular weight excluding hydrogens is 222 g/mol. The Bertz CT molecular complexity index is 406. The van der Waals surface area contributed by atoms with Gasteiger partial charge in [0, 0.05) is 6.42 Å². The van der Waals surface area contributed by atoms with Gasteiger partial charge in [0.1, 0.15) is 5.54 Å². The lowest BCUT2D eigenvalue weighted by Crippen LogP contribution is -2.59. The van der Waals surface area contributed by atoms with Crippen LogP contribution in [0.3, 0.4) is 0 Å². The van der Waals surface area contributed by atoms with Gasteiger partial charge in [0.25, 0.3) is 0 Å². The number of aryl methyl sites for hydroxylation is 1. The van der Waals surface area contributed by atoms with Gasteiger partial charge in [0.05, 0.1) is 12.5 Å². The average Bonchev–Trinajstić information content (AvgIpc) is 2.72. The van der Waals surface area contributed by atoms with Crippen LogP contribution in [0.15, 0.2) is 23.0 Å². The van der Waals surface area contributed by atoms with Gasteiger partial charge in [-0.15, -0.1) is 0 Å². The molecule has 0 aromatic carbocycles. The summed E-state index contributed by atoms with van der Waals surface area (Å²) in [4.78, 5) is 22.7. The molecule has 0 radical (unpaired) electrons. The van der Waals surface area contributed by atoms with Crippen molar-refractivity contribution in [1.82, 2.24) is 5.32 Å². The molecule has 1 fully saturated rings. The Morgan fingerprint density at radius 1 is 1.47 bits per heavy atom. The summed E-state index contributed by atoms with van der Waals surface area (Å²) in [7, 11) is 0. The highest BCUT2D eigenvalue weighted by Crippen LogP contribution is 2.32. The highest BCUT2D eigenvalue weighted by molar-refractivity contribution is 5.87. The van der Waals surface area contributed by atoms with Crippen molar-refractivity contribution in [3.8, 4) is 0 Å². The number of carboxylic acids is 1. The van der Waals surface area contributed by atoms with Crippen LogP contribution in [-0.4, -0.2) is 22.5 Å². The van der Waals surface area contributed by atoms with Crippen molar-refractivity contribution in [3.05, 3.63) is 24.2 Å². The lowest BCUT2D eigenvalue weighted by molar-refractivity contribution is -0.151. The zero-order valence-corrected chi connectivity index (χ0v) is 9.44. The molecule has 1 aromatic heterocycles. The highest BCUT2D eigenvalue weighted by Gasteiger charge is 2.45. The summed E-state index contributed by atoms with van der Waals surface area (Å²) in [5.74, 6) is -1.14. The molecular formula is C12H15NO4. The van der Waals surface area contributed by atoms with Gasteiger partial charge in [-0.2, -0.15) is 0 Å². The second kappa shape index (κ2) is 4.61. The van der Waals surface area contributed by atoms with E-state index in [-0.39, 0.29) is 12.3 Å². The van der Waals surface area contributed by atoms with Crippen LogP contribution in [0.1, 0.15) is 31.2 Å². The standard InChI is InChI=1S/C12H15NO4/c14-10(3-2-9-4-7-17-8-9)13-12(11(15)16)5-1-6-12/h4,7-8H,1-3,5-6H2,(H,13,14)(H,15,16). The number of nitrogens with one attached hydrogen (secondary N) is 1. The van der Waals surface area contributed by atoms with Crippen LogP contribution in [-0.2, 0) is 16.0 Å². The summed E-state index contributed by atoms with van der Waals surface area (Å²) in [6, 6.07) is 1.80. The molecule has 0 aliphatic heterocycles. The predicted octanol–water partition coefficient (Wildman–Crippen LogP) is 1.34. The molecule has 92 valence electrons. The predicted molar refractivity (Wildman–Crippen MR) is 59.4 cm³/mol. The zero-order chi connectivity index (χ0) is 12.3. The van der Waals surface area contributed by atoms with Crippen molar-refractivity contribution in [2.75, 3.05) is 0 Å². The van der Waals surface area contributed by atoms with E-state index in [4.69, 9.17) is 9.52 Å². The molecule has 17 heavy (non-hydrogen) atoms. The Morgan fingerprint density at radius 2 is 2.24 bits per heavy atom. The van der Waals surface area contributed by atoms with Crippen molar-refractivity contribution >= 4 is 11.9 Å². The second-order valence-corrected chi connectivity index (χ2v) is 4.42. The monoisotopic (exact) mass is 237 g/mol. The van der Waals surface area contributed by atoms with E-state index in [2.05, 4.69) is 5.32 Å². The summed E-state index contributed by atoms with van der Waals surface area (Å²) >= 11 is 0. The molecule has 0 saturated heterocycles. The van der Waals surface area contributed by atoms with E-state index in [1.54, 1.807) is 18.6 Å². The SMILES string of the molecule is O=C(CCc1ccoc1)NC1(C(=O)O)CCC1. The average molecular weight is 237 g/mol. The highest BCUT2D eigenvalue weighted by atomic mass is 16.4. The van der Waals surface area contributed by atoms with E-state index in [0.717, 1.165) is 12.0 Å². The number of amides is 1. The fourth-order valence-electron chi connectivity index (χ4n) is 1.94. The van der Waals surface area contributed by atoms with E-state index in [1.165, 1.54) is 0 Å². The van der Waals surface area contributed by atoms with Crippen LogP contribution >= 0.6 is 0 Å². The fraction of sp³-hybridized carbons (Fsp3) is 0.500. The fourth-order valence-corrected chi connectivity index (χ4v) is 1.94. The van der Waals surface area contributed by atoms with Gasteiger partial charge in [-0.05, 0) is 37.3 Å². The minimum atomic E-state index is -1.01. The molecule has 0 bridgehead atoms. The zero-order valence-electron chi connectivity index (χ0n) is 9.44. The van der Waals surface area contributed by atoms with E-state index in [0.29, 0.717) is 19.3 Å². The number of rotatable bonds is 5. The summed E-state index contributed by atoms with van der Waals surface area (Å²) < 4.78 is 4.89. The number of carbonyl (C=O) groups is 2. The minimum Gasteiger partial charge on any atom is -0.480 e. The Hall–Kier alpha value is -1.78. The lowest BCUT2D eigenvalue weighted by Gasteiger charge is -2.38. The van der Waals surface area contributed by atoms with E-state index in [1.807, 2.05) is 0 Å². The van der Waals surface area contributed by atoms with Gasteiger partial charge in [-0.3, -0.25) is 4.79 Å². The van der Waals surface area contributed by atoms with Crippen LogP contribution in [0.4, 0.5) is 0 Å². The Labute approximate surface area is 98.8 Å². The maximum Gasteiger partial charge on any atom is 0.329 e. The first-order chi connectivity index (χ1) is 8.12. The quantitative estimate of drug-likeness (QED) is 0.809. The number of carbonyl (C=O) groups excluding carboxylic acids is 1. The smallest absolute Gasteiger partial charge is 0.329 e. The summed E-state index contributed by atoms with van der Waals surface area (Å²) in [5, 5.41) is 11.7. The molecule has 5 nitrogen and oxygen atoms in total. The molecule has 0 unspecified atom stereocenters. The number of hydrogen-bond acceptors (Lipinski definition) is 3. The van der Waals surface area contributed by atoms with E-state index < -0.39 is 11.5 Å². The molecule has 2 N–H and O–H groups in total. The van der Waals surface area contributed by atoms with Gasteiger partial charge in [-0.1, -0.05) is 0 Å². The third-order valence-corrected chi connectivity index (χ3v) is 3.22. The van der Waals surface area contributed by atoms with Crippen LogP contribution in [0.25, 0.3) is 0 Å². The first-order valence-corrected chi connectivity index (χ1v) is 5.68. The molecule has 1 aliphatic rings. The molecule has 1 heterocycles. The maximum absolute atomic E-state index is 11.6. The topological polar surface area (TPSA) is 79.5 Å². The molecule has 2 rings (SSSR count). The largest absolute Gasteiger partial charge is 0.480 e. The Morgan fingerprint density at radius 3 is 2.71 bits per heavy atom. The van der Waals surface area contributed by atoms with Gasteiger partial charge in [0.15, 0.2) is 0 Å². The Balaban J connectivity index is 1.83. The molecule has 1 saturated carbocycles. The minimum absolute atomic E-state index is 0.215. The molecule has 1 amide bonds. The van der Waals surface area contributed by atoms with Crippen molar-refractivity contribution in [3.63, 3.8) is 0 Å². The van der Waals surface area contributed by atoms with Crippen LogP contribution < -0.4 is 5.32 Å². The number of hydrogen-bond donors (Lipinski definition) is 2. The van der Waals surface area contributed by atoms with Crippen molar-refractivity contribution in [2.24, 2.45) is 0 Å². The van der Waals surface area contributed by atoms with Crippen molar-refractivity contribution in [1.29, 1.82) is 0 Å². The molecule has 5 heteroatoms. The molecule has 0 spiro atoms. The maximum atomic E-state index is 11.6. The molecule has 0 atom stereocenters. The molecule has 1 aromatic rings. The number of furan rings is 1. The first kappa shape index (κ1) is 11.7. The third kappa shape index (κ3) is 2.49.